The van der Waals surface area contributed by atoms with Crippen LogP contribution in [0.5, 0.6) is 0 Å². The third-order valence-corrected chi connectivity index (χ3v) is 8.52. The van der Waals surface area contributed by atoms with Gasteiger partial charge in [-0.25, -0.2) is 0 Å². The van der Waals surface area contributed by atoms with Gasteiger partial charge in [0.05, 0.1) is 23.7 Å². The molecular weight excluding hydrogens is 488 g/mol. The smallest absolute Gasteiger partial charge is 0.224 e. The SMILES string of the molecule is CC(=O)N(C)C1CCC(CC(=O)Nc2cnc(-c3ccc(C4(N)CC(O)C4)cc3)c(-c3ccccc3)c2)CC1. The van der Waals surface area contributed by atoms with E-state index in [0.717, 1.165) is 53.6 Å². The van der Waals surface area contributed by atoms with Gasteiger partial charge in [-0.05, 0) is 61.6 Å². The monoisotopic (exact) mass is 526 g/mol. The fraction of sp³-hybridized carbons (Fsp3) is 0.406. The second-order valence-corrected chi connectivity index (χ2v) is 11.3. The summed E-state index contributed by atoms with van der Waals surface area (Å²) in [5.41, 5.74) is 11.4. The number of carbonyl (C=O) groups excluding carboxylic acids is 2. The Morgan fingerprint density at radius 2 is 1.69 bits per heavy atom. The summed E-state index contributed by atoms with van der Waals surface area (Å²) in [5.74, 6) is 0.412. The van der Waals surface area contributed by atoms with Gasteiger partial charge in [0.25, 0.3) is 0 Å². The largest absolute Gasteiger partial charge is 0.393 e. The molecule has 0 spiro atoms. The first kappa shape index (κ1) is 27.0. The summed E-state index contributed by atoms with van der Waals surface area (Å²) < 4.78 is 0. The Morgan fingerprint density at radius 3 is 2.31 bits per heavy atom. The van der Waals surface area contributed by atoms with E-state index in [1.165, 1.54) is 0 Å². The molecular formula is C32H38N4O3. The topological polar surface area (TPSA) is 109 Å². The predicted octanol–water partition coefficient (Wildman–Crippen LogP) is 5.09. The molecule has 1 aromatic heterocycles. The minimum absolute atomic E-state index is 0.00721. The first-order valence-electron chi connectivity index (χ1n) is 13.9. The number of hydrogen-bond acceptors (Lipinski definition) is 5. The van der Waals surface area contributed by atoms with Gasteiger partial charge in [0, 0.05) is 43.1 Å². The van der Waals surface area contributed by atoms with E-state index in [-0.39, 0.29) is 24.0 Å². The average Bonchev–Trinajstić information content (AvgIpc) is 2.93. The van der Waals surface area contributed by atoms with Crippen molar-refractivity contribution in [2.24, 2.45) is 11.7 Å². The Balaban J connectivity index is 1.30. The highest BCUT2D eigenvalue weighted by molar-refractivity contribution is 5.93. The van der Waals surface area contributed by atoms with Crippen LogP contribution in [0.3, 0.4) is 0 Å². The summed E-state index contributed by atoms with van der Waals surface area (Å²) in [4.78, 5) is 31.2. The highest BCUT2D eigenvalue weighted by atomic mass is 16.3. The number of amides is 2. The number of carbonyl (C=O) groups is 2. The third kappa shape index (κ3) is 6.05. The molecule has 2 aromatic carbocycles. The van der Waals surface area contributed by atoms with Crippen molar-refractivity contribution in [1.82, 2.24) is 9.88 Å². The Labute approximate surface area is 230 Å². The minimum atomic E-state index is -0.468. The molecule has 0 atom stereocenters. The van der Waals surface area contributed by atoms with Gasteiger partial charge in [0.1, 0.15) is 0 Å². The van der Waals surface area contributed by atoms with E-state index in [4.69, 9.17) is 10.7 Å². The van der Waals surface area contributed by atoms with Crippen LogP contribution in [0.25, 0.3) is 22.4 Å². The zero-order valence-corrected chi connectivity index (χ0v) is 22.8. The van der Waals surface area contributed by atoms with E-state index in [0.29, 0.717) is 30.9 Å². The van der Waals surface area contributed by atoms with Crippen LogP contribution in [0.15, 0.2) is 66.9 Å². The average molecular weight is 527 g/mol. The van der Waals surface area contributed by atoms with Gasteiger partial charge in [0.15, 0.2) is 0 Å². The number of aliphatic hydroxyl groups excluding tert-OH is 1. The Kier molecular flexibility index (Phi) is 7.82. The summed E-state index contributed by atoms with van der Waals surface area (Å²) in [6, 6.07) is 20.4. The van der Waals surface area contributed by atoms with E-state index < -0.39 is 5.54 Å². The fourth-order valence-electron chi connectivity index (χ4n) is 6.05. The lowest BCUT2D eigenvalue weighted by Crippen LogP contribution is -2.51. The zero-order chi connectivity index (χ0) is 27.6. The van der Waals surface area contributed by atoms with E-state index in [1.807, 2.05) is 72.6 Å². The molecule has 0 unspecified atom stereocenters. The molecule has 1 heterocycles. The van der Waals surface area contributed by atoms with Crippen molar-refractivity contribution < 1.29 is 14.7 Å². The number of aliphatic hydroxyl groups is 1. The number of anilines is 1. The van der Waals surface area contributed by atoms with Crippen molar-refractivity contribution >= 4 is 17.5 Å². The van der Waals surface area contributed by atoms with Gasteiger partial charge in [-0.2, -0.15) is 0 Å². The number of aromatic nitrogens is 1. The Morgan fingerprint density at radius 1 is 1.03 bits per heavy atom. The van der Waals surface area contributed by atoms with Crippen LogP contribution < -0.4 is 11.1 Å². The molecule has 2 amide bonds. The van der Waals surface area contributed by atoms with E-state index in [1.54, 1.807) is 13.1 Å². The second-order valence-electron chi connectivity index (χ2n) is 11.3. The van der Waals surface area contributed by atoms with Gasteiger partial charge in [0.2, 0.25) is 11.8 Å². The number of nitrogens with one attached hydrogen (secondary N) is 1. The van der Waals surface area contributed by atoms with Crippen molar-refractivity contribution in [3.8, 4) is 22.4 Å². The first-order valence-corrected chi connectivity index (χ1v) is 13.9. The summed E-state index contributed by atoms with van der Waals surface area (Å²) in [6.07, 6.45) is 6.78. The van der Waals surface area contributed by atoms with Crippen LogP contribution in [0, 0.1) is 5.92 Å². The van der Waals surface area contributed by atoms with Crippen molar-refractivity contribution in [2.45, 2.75) is 69.6 Å². The van der Waals surface area contributed by atoms with Crippen LogP contribution in [0.1, 0.15) is 57.4 Å². The lowest BCUT2D eigenvalue weighted by Gasteiger charge is -2.42. The molecule has 4 N–H and O–H groups in total. The zero-order valence-electron chi connectivity index (χ0n) is 22.8. The summed E-state index contributed by atoms with van der Waals surface area (Å²) >= 11 is 0. The van der Waals surface area contributed by atoms with Gasteiger partial charge in [-0.1, -0.05) is 54.6 Å². The molecule has 0 saturated heterocycles. The van der Waals surface area contributed by atoms with Gasteiger partial charge in [-0.15, -0.1) is 0 Å². The number of rotatable bonds is 7. The summed E-state index contributed by atoms with van der Waals surface area (Å²) in [6.45, 7) is 1.61. The lowest BCUT2D eigenvalue weighted by atomic mass is 9.70. The van der Waals surface area contributed by atoms with Crippen molar-refractivity contribution in [2.75, 3.05) is 12.4 Å². The van der Waals surface area contributed by atoms with Crippen molar-refractivity contribution in [1.29, 1.82) is 0 Å². The molecule has 0 radical (unpaired) electrons. The predicted molar refractivity (Wildman–Crippen MR) is 154 cm³/mol. The highest BCUT2D eigenvalue weighted by Crippen LogP contribution is 2.40. The summed E-state index contributed by atoms with van der Waals surface area (Å²) in [7, 11) is 1.86. The maximum atomic E-state index is 13.0. The van der Waals surface area contributed by atoms with Gasteiger partial charge < -0.3 is 21.1 Å². The number of nitrogens with zero attached hydrogens (tertiary/aromatic N) is 2. The number of benzene rings is 2. The third-order valence-electron chi connectivity index (χ3n) is 8.52. The number of nitrogens with two attached hydrogens (primary N) is 1. The Hall–Kier alpha value is -3.55. The minimum Gasteiger partial charge on any atom is -0.393 e. The molecule has 2 aliphatic rings. The van der Waals surface area contributed by atoms with E-state index in [9.17, 15) is 14.7 Å². The highest BCUT2D eigenvalue weighted by Gasteiger charge is 2.41. The second kappa shape index (κ2) is 11.3. The quantitative estimate of drug-likeness (QED) is 0.397. The maximum absolute atomic E-state index is 13.0. The molecule has 2 saturated carbocycles. The van der Waals surface area contributed by atoms with Crippen LogP contribution in [0.2, 0.25) is 0 Å². The summed E-state index contributed by atoms with van der Waals surface area (Å²) in [5, 5.41) is 12.8. The number of hydrogen-bond donors (Lipinski definition) is 3. The fourth-order valence-corrected chi connectivity index (χ4v) is 6.05. The van der Waals surface area contributed by atoms with Gasteiger partial charge in [-0.3, -0.25) is 14.6 Å². The van der Waals surface area contributed by atoms with Crippen LogP contribution in [-0.2, 0) is 15.1 Å². The molecule has 7 heteroatoms. The van der Waals surface area contributed by atoms with Crippen LogP contribution in [0.4, 0.5) is 5.69 Å². The molecule has 0 bridgehead atoms. The first-order chi connectivity index (χ1) is 18.7. The molecule has 5 rings (SSSR count). The van der Waals surface area contributed by atoms with E-state index >= 15 is 0 Å². The standard InChI is InChI=1S/C32H38N4O3/c1-21(37)36(2)27-14-8-22(9-15-27)16-30(39)35-26-17-29(23-6-4-3-5-7-23)31(34-20-26)24-10-12-25(13-11-24)32(33)18-28(38)19-32/h3-7,10-13,17,20,22,27-28,38H,8-9,14-16,18-19,33H2,1-2H3,(H,35,39). The molecule has 2 fully saturated rings. The molecule has 204 valence electrons. The van der Waals surface area contributed by atoms with Crippen LogP contribution in [-0.4, -0.2) is 46.0 Å². The van der Waals surface area contributed by atoms with E-state index in [2.05, 4.69) is 5.32 Å². The van der Waals surface area contributed by atoms with Gasteiger partial charge >= 0.3 is 0 Å². The molecule has 2 aliphatic carbocycles. The molecule has 0 aliphatic heterocycles. The van der Waals surface area contributed by atoms with Crippen molar-refractivity contribution in [3.05, 3.63) is 72.4 Å². The van der Waals surface area contributed by atoms with Crippen molar-refractivity contribution in [3.63, 3.8) is 0 Å². The maximum Gasteiger partial charge on any atom is 0.224 e. The molecule has 3 aromatic rings. The molecule has 7 nitrogen and oxygen atoms in total. The number of pyridine rings is 1. The Bertz CT molecular complexity index is 1310. The normalized spacial score (nSPS) is 24.5. The lowest BCUT2D eigenvalue weighted by molar-refractivity contribution is -0.130. The molecule has 39 heavy (non-hydrogen) atoms. The van der Waals surface area contributed by atoms with Crippen LogP contribution >= 0.6 is 0 Å².